The van der Waals surface area contributed by atoms with Crippen LogP contribution in [0.1, 0.15) is 16.2 Å². The molecular weight excluding hydrogens is 437 g/mol. The molecule has 0 aliphatic rings. The summed E-state index contributed by atoms with van der Waals surface area (Å²) in [5.74, 6) is -0.671. The number of benzene rings is 2. The van der Waals surface area contributed by atoms with Gasteiger partial charge in [-0.15, -0.1) is 18.3 Å². The van der Waals surface area contributed by atoms with Gasteiger partial charge in [-0.25, -0.2) is 0 Å². The maximum atomic E-state index is 12.9. The van der Waals surface area contributed by atoms with Crippen LogP contribution in [0.2, 0.25) is 5.02 Å². The Hall–Kier alpha value is -3.53. The van der Waals surface area contributed by atoms with Crippen molar-refractivity contribution < 1.29 is 27.1 Å². The Morgan fingerprint density at radius 2 is 1.94 bits per heavy atom. The highest BCUT2D eigenvalue weighted by molar-refractivity contribution is 6.33. The van der Waals surface area contributed by atoms with Crippen LogP contribution in [0.4, 0.5) is 18.9 Å². The van der Waals surface area contributed by atoms with Gasteiger partial charge in [-0.05, 0) is 31.2 Å². The van der Waals surface area contributed by atoms with E-state index >= 15 is 0 Å². The summed E-state index contributed by atoms with van der Waals surface area (Å²) in [4.78, 5) is 18.3. The first-order valence-corrected chi connectivity index (χ1v) is 9.27. The van der Waals surface area contributed by atoms with Crippen LogP contribution in [0.5, 0.6) is 5.75 Å². The standard InChI is InChI=1S/C20H14ClF3N4O3/c1-11-16(18(29)27(2)12-6-5-7-13(10-12)31-20(22,23)24)30-19-25-17(26-28(11)19)14-8-3-4-9-15(14)21/h3-10H,1-2H3. The van der Waals surface area contributed by atoms with E-state index in [2.05, 4.69) is 14.8 Å². The van der Waals surface area contributed by atoms with E-state index in [1.165, 1.54) is 23.7 Å². The third-order valence-corrected chi connectivity index (χ3v) is 4.80. The number of amides is 1. The highest BCUT2D eigenvalue weighted by atomic mass is 35.5. The van der Waals surface area contributed by atoms with Crippen molar-refractivity contribution >= 4 is 29.0 Å². The van der Waals surface area contributed by atoms with Gasteiger partial charge in [-0.3, -0.25) is 4.79 Å². The number of oxazole rings is 1. The Labute approximate surface area is 178 Å². The Kier molecular flexibility index (Phi) is 5.10. The molecule has 0 saturated carbocycles. The fourth-order valence-corrected chi connectivity index (χ4v) is 3.18. The second-order valence-corrected chi connectivity index (χ2v) is 6.94. The number of hydrogen-bond donors (Lipinski definition) is 0. The number of carbonyl (C=O) groups is 1. The molecule has 4 aromatic rings. The highest BCUT2D eigenvalue weighted by Gasteiger charge is 2.31. The maximum Gasteiger partial charge on any atom is 0.573 e. The summed E-state index contributed by atoms with van der Waals surface area (Å²) >= 11 is 6.18. The zero-order valence-electron chi connectivity index (χ0n) is 16.1. The number of ether oxygens (including phenoxy) is 1. The molecule has 2 heterocycles. The van der Waals surface area contributed by atoms with Crippen LogP contribution in [-0.4, -0.2) is 33.9 Å². The van der Waals surface area contributed by atoms with Crippen molar-refractivity contribution in [3.8, 4) is 17.1 Å². The van der Waals surface area contributed by atoms with E-state index in [1.54, 1.807) is 31.2 Å². The van der Waals surface area contributed by atoms with Crippen molar-refractivity contribution in [1.82, 2.24) is 14.6 Å². The zero-order chi connectivity index (χ0) is 22.3. The molecule has 2 aromatic carbocycles. The minimum Gasteiger partial charge on any atom is -0.416 e. The second-order valence-electron chi connectivity index (χ2n) is 6.54. The lowest BCUT2D eigenvalue weighted by molar-refractivity contribution is -0.274. The summed E-state index contributed by atoms with van der Waals surface area (Å²) in [6, 6.07) is 12.1. The van der Waals surface area contributed by atoms with Gasteiger partial charge in [0.25, 0.3) is 5.91 Å². The number of hydrogen-bond acceptors (Lipinski definition) is 5. The number of fused-ring (bicyclic) bond motifs is 1. The van der Waals surface area contributed by atoms with E-state index in [9.17, 15) is 18.0 Å². The van der Waals surface area contributed by atoms with Crippen LogP contribution in [0.3, 0.4) is 0 Å². The van der Waals surface area contributed by atoms with Crippen molar-refractivity contribution in [2.24, 2.45) is 0 Å². The third-order valence-electron chi connectivity index (χ3n) is 4.47. The van der Waals surface area contributed by atoms with E-state index in [-0.39, 0.29) is 17.3 Å². The number of halogens is 4. The minimum atomic E-state index is -4.84. The summed E-state index contributed by atoms with van der Waals surface area (Å²) < 4.78 is 48.3. The molecule has 7 nitrogen and oxygen atoms in total. The first-order chi connectivity index (χ1) is 14.6. The fourth-order valence-electron chi connectivity index (χ4n) is 2.96. The van der Waals surface area contributed by atoms with Crippen LogP contribution in [0.25, 0.3) is 17.2 Å². The van der Waals surface area contributed by atoms with Gasteiger partial charge in [0.1, 0.15) is 5.75 Å². The number of rotatable bonds is 4. The summed E-state index contributed by atoms with van der Waals surface area (Å²) in [5.41, 5.74) is 1.17. The maximum absolute atomic E-state index is 12.9. The second kappa shape index (κ2) is 7.62. The Balaban J connectivity index is 1.64. The number of anilines is 1. The van der Waals surface area contributed by atoms with Crippen molar-refractivity contribution in [2.45, 2.75) is 13.3 Å². The molecule has 0 bridgehead atoms. The molecule has 160 valence electrons. The van der Waals surface area contributed by atoms with Crippen molar-refractivity contribution in [3.05, 3.63) is 65.0 Å². The molecule has 4 rings (SSSR count). The van der Waals surface area contributed by atoms with Crippen molar-refractivity contribution in [1.29, 1.82) is 0 Å². The molecule has 0 N–H and O–H groups in total. The molecule has 11 heteroatoms. The smallest absolute Gasteiger partial charge is 0.416 e. The number of aryl methyl sites for hydroxylation is 1. The first kappa shape index (κ1) is 20.7. The molecule has 0 saturated heterocycles. The van der Waals surface area contributed by atoms with Crippen LogP contribution < -0.4 is 9.64 Å². The predicted molar refractivity (Wildman–Crippen MR) is 106 cm³/mol. The molecule has 0 spiro atoms. The summed E-state index contributed by atoms with van der Waals surface area (Å²) in [6.07, 6.45) is -4.84. The molecule has 0 unspecified atom stereocenters. The molecule has 0 fully saturated rings. The molecule has 0 aliphatic carbocycles. The van der Waals surface area contributed by atoms with E-state index in [1.807, 2.05) is 0 Å². The lowest BCUT2D eigenvalue weighted by atomic mass is 10.2. The number of carbonyl (C=O) groups excluding carboxylic acids is 1. The molecule has 2 aromatic heterocycles. The fraction of sp³-hybridized carbons (Fsp3) is 0.150. The van der Waals surface area contributed by atoms with Gasteiger partial charge in [0.2, 0.25) is 5.76 Å². The van der Waals surface area contributed by atoms with Crippen molar-refractivity contribution in [3.63, 3.8) is 0 Å². The largest absolute Gasteiger partial charge is 0.573 e. The zero-order valence-corrected chi connectivity index (χ0v) is 16.9. The van der Waals surface area contributed by atoms with E-state index in [4.69, 9.17) is 16.0 Å². The Bertz CT molecular complexity index is 1280. The van der Waals surface area contributed by atoms with Crippen LogP contribution >= 0.6 is 11.6 Å². The lowest BCUT2D eigenvalue weighted by Gasteiger charge is -2.17. The quantitative estimate of drug-likeness (QED) is 0.431. The van der Waals surface area contributed by atoms with Gasteiger partial charge < -0.3 is 14.1 Å². The average Bonchev–Trinajstić information content (AvgIpc) is 3.25. The molecule has 0 aliphatic heterocycles. The lowest BCUT2D eigenvalue weighted by Crippen LogP contribution is -2.26. The SMILES string of the molecule is Cc1c(C(=O)N(C)c2cccc(OC(F)(F)F)c2)oc2nc(-c3ccccc3Cl)nn12. The van der Waals surface area contributed by atoms with Gasteiger partial charge in [0, 0.05) is 24.4 Å². The molecule has 31 heavy (non-hydrogen) atoms. The number of nitrogens with zero attached hydrogens (tertiary/aromatic N) is 4. The van der Waals surface area contributed by atoms with Gasteiger partial charge in [-0.1, -0.05) is 29.8 Å². The third kappa shape index (κ3) is 4.06. The molecule has 0 radical (unpaired) electrons. The van der Waals surface area contributed by atoms with Crippen LogP contribution in [-0.2, 0) is 0 Å². The van der Waals surface area contributed by atoms with Gasteiger partial charge in [0.05, 0.1) is 10.7 Å². The normalized spacial score (nSPS) is 11.7. The average molecular weight is 451 g/mol. The molecular formula is C20H14ClF3N4O3. The summed E-state index contributed by atoms with van der Waals surface area (Å²) in [6.45, 7) is 1.62. The summed E-state index contributed by atoms with van der Waals surface area (Å²) in [5, 5.41) is 4.81. The monoisotopic (exact) mass is 450 g/mol. The topological polar surface area (TPSA) is 72.9 Å². The first-order valence-electron chi connectivity index (χ1n) is 8.89. The molecule has 1 amide bonds. The summed E-state index contributed by atoms with van der Waals surface area (Å²) in [7, 11) is 1.41. The van der Waals surface area contributed by atoms with E-state index < -0.39 is 18.0 Å². The Morgan fingerprint density at radius 3 is 2.61 bits per heavy atom. The van der Waals surface area contributed by atoms with Crippen LogP contribution in [0, 0.1) is 6.92 Å². The predicted octanol–water partition coefficient (Wildman–Crippen LogP) is 5.13. The number of aromatic nitrogens is 3. The number of alkyl halides is 3. The van der Waals surface area contributed by atoms with Gasteiger partial charge in [0.15, 0.2) is 5.82 Å². The van der Waals surface area contributed by atoms with Gasteiger partial charge in [-0.2, -0.15) is 9.50 Å². The van der Waals surface area contributed by atoms with Gasteiger partial charge >= 0.3 is 12.2 Å². The highest BCUT2D eigenvalue weighted by Crippen LogP contribution is 2.29. The van der Waals surface area contributed by atoms with Crippen LogP contribution in [0.15, 0.2) is 52.9 Å². The minimum absolute atomic E-state index is 0.0506. The molecule has 0 atom stereocenters. The van der Waals surface area contributed by atoms with E-state index in [0.717, 1.165) is 17.0 Å². The van der Waals surface area contributed by atoms with Crippen molar-refractivity contribution in [2.75, 3.05) is 11.9 Å². The van der Waals surface area contributed by atoms with E-state index in [0.29, 0.717) is 22.1 Å². The Morgan fingerprint density at radius 1 is 1.19 bits per heavy atom.